The lowest BCUT2D eigenvalue weighted by atomic mass is 10.1. The molecule has 2 aromatic rings. The lowest BCUT2D eigenvalue weighted by Crippen LogP contribution is -2.17. The van der Waals surface area contributed by atoms with Gasteiger partial charge in [-0.15, -0.1) is 0 Å². The van der Waals surface area contributed by atoms with Gasteiger partial charge in [0.05, 0.1) is 15.7 Å². The SMILES string of the molecule is C=C1CCC[C@@H]1CS(=O)(=O)c1cc(C(=O)Nc2cc(F)c(F)c(F)c2)ccc1Cl. The molecule has 1 N–H and O–H groups in total. The Morgan fingerprint density at radius 1 is 1.17 bits per heavy atom. The molecular formula is C20H17ClF3NO3S. The molecule has 0 radical (unpaired) electrons. The van der Waals surface area contributed by atoms with E-state index in [9.17, 15) is 26.4 Å². The number of rotatable bonds is 5. The maximum Gasteiger partial charge on any atom is 0.255 e. The van der Waals surface area contributed by atoms with E-state index < -0.39 is 33.2 Å². The zero-order valence-electron chi connectivity index (χ0n) is 15.1. The third kappa shape index (κ3) is 4.64. The number of sulfone groups is 1. The van der Waals surface area contributed by atoms with Crippen LogP contribution in [0.25, 0.3) is 0 Å². The van der Waals surface area contributed by atoms with Crippen LogP contribution in [0.15, 0.2) is 47.4 Å². The first-order valence-corrected chi connectivity index (χ1v) is 10.8. The molecular weight excluding hydrogens is 427 g/mol. The smallest absolute Gasteiger partial charge is 0.255 e. The lowest BCUT2D eigenvalue weighted by molar-refractivity contribution is 0.102. The Labute approximate surface area is 171 Å². The maximum atomic E-state index is 13.3. The van der Waals surface area contributed by atoms with Crippen molar-refractivity contribution in [2.24, 2.45) is 5.92 Å². The van der Waals surface area contributed by atoms with Gasteiger partial charge in [0, 0.05) is 23.4 Å². The van der Waals surface area contributed by atoms with Crippen molar-refractivity contribution in [2.45, 2.75) is 24.2 Å². The molecule has 1 aliphatic carbocycles. The van der Waals surface area contributed by atoms with Gasteiger partial charge in [-0.1, -0.05) is 23.8 Å². The fourth-order valence-electron chi connectivity index (χ4n) is 3.25. The van der Waals surface area contributed by atoms with Crippen LogP contribution in [0, 0.1) is 23.4 Å². The number of hydrogen-bond acceptors (Lipinski definition) is 3. The first kappa shape index (κ1) is 21.4. The quantitative estimate of drug-likeness (QED) is 0.514. The van der Waals surface area contributed by atoms with Gasteiger partial charge in [-0.3, -0.25) is 4.79 Å². The zero-order valence-corrected chi connectivity index (χ0v) is 16.7. The molecule has 1 saturated carbocycles. The van der Waals surface area contributed by atoms with E-state index in [0.717, 1.165) is 30.9 Å². The molecule has 0 saturated heterocycles. The number of halogens is 4. The summed E-state index contributed by atoms with van der Waals surface area (Å²) in [7, 11) is -3.80. The highest BCUT2D eigenvalue weighted by Gasteiger charge is 2.28. The summed E-state index contributed by atoms with van der Waals surface area (Å²) in [4.78, 5) is 12.2. The predicted molar refractivity (Wildman–Crippen MR) is 104 cm³/mol. The Balaban J connectivity index is 1.86. The minimum absolute atomic E-state index is 0.0379. The zero-order chi connectivity index (χ0) is 21.3. The van der Waals surface area contributed by atoms with Crippen LogP contribution in [-0.4, -0.2) is 20.1 Å². The topological polar surface area (TPSA) is 63.2 Å². The minimum atomic E-state index is -3.80. The maximum absolute atomic E-state index is 13.3. The second-order valence-corrected chi connectivity index (χ2v) is 9.29. The molecule has 0 heterocycles. The summed E-state index contributed by atoms with van der Waals surface area (Å²) in [5.41, 5.74) is 0.482. The van der Waals surface area contributed by atoms with Gasteiger partial charge in [0.1, 0.15) is 0 Å². The van der Waals surface area contributed by atoms with Gasteiger partial charge in [0.2, 0.25) is 0 Å². The van der Waals surface area contributed by atoms with E-state index in [1.807, 2.05) is 0 Å². The molecule has 1 atom stereocenters. The van der Waals surface area contributed by atoms with E-state index in [4.69, 9.17) is 11.6 Å². The number of allylic oxidation sites excluding steroid dienone is 1. The molecule has 3 rings (SSSR count). The van der Waals surface area contributed by atoms with Crippen molar-refractivity contribution in [1.29, 1.82) is 0 Å². The summed E-state index contributed by atoms with van der Waals surface area (Å²) in [5, 5.41) is 2.17. The van der Waals surface area contributed by atoms with Gasteiger partial charge in [0.15, 0.2) is 27.3 Å². The number of carbonyl (C=O) groups is 1. The molecule has 0 unspecified atom stereocenters. The number of benzene rings is 2. The van der Waals surface area contributed by atoms with E-state index in [1.165, 1.54) is 12.1 Å². The molecule has 0 bridgehead atoms. The van der Waals surface area contributed by atoms with Crippen LogP contribution in [0.3, 0.4) is 0 Å². The largest absolute Gasteiger partial charge is 0.322 e. The second-order valence-electron chi connectivity index (χ2n) is 6.88. The van der Waals surface area contributed by atoms with Crippen molar-refractivity contribution < 1.29 is 26.4 Å². The Morgan fingerprint density at radius 3 is 2.41 bits per heavy atom. The molecule has 0 aromatic heterocycles. The lowest BCUT2D eigenvalue weighted by Gasteiger charge is -2.14. The summed E-state index contributed by atoms with van der Waals surface area (Å²) in [5.74, 6) is -5.73. The molecule has 1 aliphatic rings. The van der Waals surface area contributed by atoms with Crippen molar-refractivity contribution >= 4 is 33.0 Å². The fraction of sp³-hybridized carbons (Fsp3) is 0.250. The van der Waals surface area contributed by atoms with Crippen molar-refractivity contribution in [1.82, 2.24) is 0 Å². The molecule has 2 aromatic carbocycles. The third-order valence-corrected chi connectivity index (χ3v) is 7.11. The standard InChI is InChI=1S/C20H17ClF3NO3S/c1-11-3-2-4-13(11)10-29(27,28)18-7-12(5-6-15(18)21)20(26)25-14-8-16(22)19(24)17(23)9-14/h5-9,13H,1-4,10H2,(H,25,26)/t13-/m1/s1. The van der Waals surface area contributed by atoms with Crippen LogP contribution in [-0.2, 0) is 9.84 Å². The molecule has 0 spiro atoms. The van der Waals surface area contributed by atoms with Crippen LogP contribution < -0.4 is 5.32 Å². The van der Waals surface area contributed by atoms with Gasteiger partial charge >= 0.3 is 0 Å². The number of nitrogens with one attached hydrogen (secondary N) is 1. The van der Waals surface area contributed by atoms with E-state index in [-0.39, 0.29) is 32.8 Å². The number of carbonyl (C=O) groups excluding carboxylic acids is 1. The summed E-state index contributed by atoms with van der Waals surface area (Å²) in [6.07, 6.45) is 2.37. The first-order valence-electron chi connectivity index (χ1n) is 8.74. The van der Waals surface area contributed by atoms with E-state index in [2.05, 4.69) is 11.9 Å². The van der Waals surface area contributed by atoms with Crippen LogP contribution in [0.4, 0.5) is 18.9 Å². The second kappa shape index (κ2) is 8.20. The summed E-state index contributed by atoms with van der Waals surface area (Å²) >= 11 is 6.05. The van der Waals surface area contributed by atoms with Crippen LogP contribution in [0.1, 0.15) is 29.6 Å². The Hall–Kier alpha value is -2.32. The van der Waals surface area contributed by atoms with Gasteiger partial charge < -0.3 is 5.32 Å². The number of anilines is 1. The predicted octanol–water partition coefficient (Wildman–Crippen LogP) is 5.14. The minimum Gasteiger partial charge on any atom is -0.322 e. The van der Waals surface area contributed by atoms with Gasteiger partial charge in [-0.05, 0) is 43.4 Å². The van der Waals surface area contributed by atoms with E-state index >= 15 is 0 Å². The Kier molecular flexibility index (Phi) is 6.05. The average molecular weight is 444 g/mol. The highest BCUT2D eigenvalue weighted by atomic mass is 35.5. The Bertz CT molecular complexity index is 1080. The number of amides is 1. The van der Waals surface area contributed by atoms with Gasteiger partial charge in [0.25, 0.3) is 5.91 Å². The van der Waals surface area contributed by atoms with Crippen molar-refractivity contribution in [3.8, 4) is 0 Å². The van der Waals surface area contributed by atoms with Gasteiger partial charge in [-0.2, -0.15) is 0 Å². The Morgan fingerprint density at radius 2 is 1.83 bits per heavy atom. The molecule has 9 heteroatoms. The molecule has 4 nitrogen and oxygen atoms in total. The van der Waals surface area contributed by atoms with Crippen molar-refractivity contribution in [2.75, 3.05) is 11.1 Å². The highest BCUT2D eigenvalue weighted by molar-refractivity contribution is 7.91. The molecule has 1 fully saturated rings. The van der Waals surface area contributed by atoms with Crippen molar-refractivity contribution in [3.05, 3.63) is 70.5 Å². The van der Waals surface area contributed by atoms with Crippen LogP contribution >= 0.6 is 11.6 Å². The van der Waals surface area contributed by atoms with Gasteiger partial charge in [-0.25, -0.2) is 21.6 Å². The molecule has 0 aliphatic heterocycles. The highest BCUT2D eigenvalue weighted by Crippen LogP contribution is 2.34. The monoisotopic (exact) mass is 443 g/mol. The van der Waals surface area contributed by atoms with Crippen LogP contribution in [0.5, 0.6) is 0 Å². The third-order valence-electron chi connectivity index (χ3n) is 4.82. The first-order chi connectivity index (χ1) is 13.6. The molecule has 154 valence electrons. The normalized spacial score (nSPS) is 16.8. The average Bonchev–Trinajstić information content (AvgIpc) is 3.03. The van der Waals surface area contributed by atoms with E-state index in [1.54, 1.807) is 0 Å². The van der Waals surface area contributed by atoms with E-state index in [0.29, 0.717) is 12.1 Å². The summed E-state index contributed by atoms with van der Waals surface area (Å²) in [6.45, 7) is 3.90. The summed E-state index contributed by atoms with van der Waals surface area (Å²) < 4.78 is 65.3. The number of hydrogen-bond donors (Lipinski definition) is 1. The van der Waals surface area contributed by atoms with Crippen LogP contribution in [0.2, 0.25) is 5.02 Å². The summed E-state index contributed by atoms with van der Waals surface area (Å²) in [6, 6.07) is 4.90. The molecule has 1 amide bonds. The molecule has 29 heavy (non-hydrogen) atoms. The van der Waals surface area contributed by atoms with Crippen molar-refractivity contribution in [3.63, 3.8) is 0 Å². The fourth-order valence-corrected chi connectivity index (χ4v) is 5.51.